The first kappa shape index (κ1) is 12.9. The fourth-order valence-corrected chi connectivity index (χ4v) is 2.55. The van der Waals surface area contributed by atoms with Crippen molar-refractivity contribution in [3.8, 4) is 0 Å². The number of hydrogen-bond acceptors (Lipinski definition) is 3. The largest absolute Gasteiger partial charge is 0.377 e. The van der Waals surface area contributed by atoms with Crippen LogP contribution in [0.2, 0.25) is 0 Å². The Hall–Kier alpha value is -1.58. The molecule has 0 heterocycles. The first-order valence-corrected chi connectivity index (χ1v) is 6.58. The van der Waals surface area contributed by atoms with Gasteiger partial charge in [0.05, 0.1) is 4.92 Å². The van der Waals surface area contributed by atoms with Crippen LogP contribution in [0, 0.1) is 23.0 Å². The van der Waals surface area contributed by atoms with Crippen molar-refractivity contribution in [2.45, 2.75) is 45.6 Å². The maximum atomic E-state index is 11.0. The number of anilines is 1. The Labute approximate surface area is 108 Å². The molecule has 0 aliphatic heterocycles. The van der Waals surface area contributed by atoms with E-state index < -0.39 is 0 Å². The third-order valence-electron chi connectivity index (χ3n) is 3.72. The third-order valence-corrected chi connectivity index (χ3v) is 3.72. The molecule has 0 radical (unpaired) electrons. The molecule has 98 valence electrons. The van der Waals surface area contributed by atoms with Crippen LogP contribution in [0.15, 0.2) is 18.2 Å². The van der Waals surface area contributed by atoms with Crippen molar-refractivity contribution in [3.05, 3.63) is 33.9 Å². The van der Waals surface area contributed by atoms with Crippen LogP contribution >= 0.6 is 0 Å². The molecule has 0 spiro atoms. The molecular weight excluding hydrogens is 228 g/mol. The first-order valence-electron chi connectivity index (χ1n) is 6.58. The number of nitro benzene ring substituents is 1. The van der Waals surface area contributed by atoms with E-state index in [1.165, 1.54) is 12.8 Å². The summed E-state index contributed by atoms with van der Waals surface area (Å²) in [6.45, 7) is 4.23. The molecule has 1 aliphatic carbocycles. The van der Waals surface area contributed by atoms with Gasteiger partial charge in [0.15, 0.2) is 0 Å². The lowest BCUT2D eigenvalue weighted by Gasteiger charge is -2.27. The predicted octanol–water partition coefficient (Wildman–Crippen LogP) is 3.89. The summed E-state index contributed by atoms with van der Waals surface area (Å²) in [5.41, 5.74) is 1.89. The van der Waals surface area contributed by atoms with Crippen LogP contribution in [0.4, 0.5) is 11.4 Å². The van der Waals surface area contributed by atoms with Gasteiger partial charge < -0.3 is 5.32 Å². The maximum absolute atomic E-state index is 11.0. The number of hydrogen-bond donors (Lipinski definition) is 1. The minimum absolute atomic E-state index is 0.180. The lowest BCUT2D eigenvalue weighted by Crippen LogP contribution is -2.25. The fourth-order valence-electron chi connectivity index (χ4n) is 2.55. The van der Waals surface area contributed by atoms with Gasteiger partial charge in [-0.25, -0.2) is 0 Å². The molecule has 1 N–H and O–H groups in total. The summed E-state index contributed by atoms with van der Waals surface area (Å²) in [6.07, 6.45) is 4.62. The molecule has 4 heteroatoms. The van der Waals surface area contributed by atoms with Gasteiger partial charge in [0, 0.05) is 12.1 Å². The van der Waals surface area contributed by atoms with Crippen molar-refractivity contribution in [2.75, 3.05) is 5.32 Å². The van der Waals surface area contributed by atoms with Crippen LogP contribution in [0.25, 0.3) is 0 Å². The number of rotatable bonds is 3. The molecule has 0 saturated heterocycles. The lowest BCUT2D eigenvalue weighted by atomic mass is 9.87. The summed E-state index contributed by atoms with van der Waals surface area (Å²) < 4.78 is 0. The second kappa shape index (κ2) is 5.38. The number of nitrogens with zero attached hydrogens (tertiary/aromatic N) is 1. The Morgan fingerprint density at radius 2 is 1.94 bits per heavy atom. The van der Waals surface area contributed by atoms with Crippen LogP contribution in [0.5, 0.6) is 0 Å². The smallest absolute Gasteiger partial charge is 0.292 e. The van der Waals surface area contributed by atoms with E-state index in [4.69, 9.17) is 0 Å². The van der Waals surface area contributed by atoms with Crippen LogP contribution in [-0.4, -0.2) is 11.0 Å². The van der Waals surface area contributed by atoms with Crippen molar-refractivity contribution < 1.29 is 4.92 Å². The zero-order chi connectivity index (χ0) is 13.1. The predicted molar refractivity (Wildman–Crippen MR) is 72.9 cm³/mol. The van der Waals surface area contributed by atoms with Gasteiger partial charge in [-0.05, 0) is 50.2 Å². The summed E-state index contributed by atoms with van der Waals surface area (Å²) in [4.78, 5) is 10.7. The van der Waals surface area contributed by atoms with Crippen molar-refractivity contribution in [1.29, 1.82) is 0 Å². The van der Waals surface area contributed by atoms with Crippen molar-refractivity contribution in [2.24, 2.45) is 5.92 Å². The Kier molecular flexibility index (Phi) is 3.84. The van der Waals surface area contributed by atoms with Crippen molar-refractivity contribution in [1.82, 2.24) is 0 Å². The molecular formula is C14H20N2O2. The van der Waals surface area contributed by atoms with Crippen LogP contribution in [0.3, 0.4) is 0 Å². The molecule has 1 fully saturated rings. The Morgan fingerprint density at radius 3 is 2.56 bits per heavy atom. The van der Waals surface area contributed by atoms with E-state index in [-0.39, 0.29) is 10.6 Å². The summed E-state index contributed by atoms with van der Waals surface area (Å²) >= 11 is 0. The van der Waals surface area contributed by atoms with E-state index >= 15 is 0 Å². The highest BCUT2D eigenvalue weighted by Crippen LogP contribution is 2.30. The lowest BCUT2D eigenvalue weighted by molar-refractivity contribution is -0.384. The maximum Gasteiger partial charge on any atom is 0.292 e. The van der Waals surface area contributed by atoms with E-state index in [0.717, 1.165) is 24.3 Å². The van der Waals surface area contributed by atoms with Gasteiger partial charge in [-0.1, -0.05) is 13.0 Å². The second-order valence-electron chi connectivity index (χ2n) is 5.38. The zero-order valence-corrected chi connectivity index (χ0v) is 11.0. The highest BCUT2D eigenvalue weighted by molar-refractivity contribution is 5.63. The summed E-state index contributed by atoms with van der Waals surface area (Å²) in [5.74, 6) is 0.788. The van der Waals surface area contributed by atoms with E-state index in [1.807, 2.05) is 13.0 Å². The Morgan fingerprint density at radius 1 is 1.28 bits per heavy atom. The first-order chi connectivity index (χ1) is 8.56. The average Bonchev–Trinajstić information content (AvgIpc) is 2.32. The number of nitro groups is 1. The number of nitrogens with one attached hydrogen (secondary N) is 1. The molecule has 1 aromatic carbocycles. The Balaban J connectivity index is 2.12. The molecule has 4 nitrogen and oxygen atoms in total. The molecule has 0 unspecified atom stereocenters. The molecule has 2 rings (SSSR count). The summed E-state index contributed by atoms with van der Waals surface area (Å²) in [6, 6.07) is 5.62. The molecule has 0 amide bonds. The highest BCUT2D eigenvalue weighted by Gasteiger charge is 2.21. The SMILES string of the molecule is Cc1ccc([N+](=O)[O-])c(NC2CCC(C)CC2)c1. The van der Waals surface area contributed by atoms with E-state index in [0.29, 0.717) is 11.7 Å². The zero-order valence-electron chi connectivity index (χ0n) is 11.0. The fraction of sp³-hybridized carbons (Fsp3) is 0.571. The molecule has 0 aromatic heterocycles. The molecule has 1 aliphatic rings. The Bertz CT molecular complexity index is 437. The van der Waals surface area contributed by atoms with Crippen LogP contribution < -0.4 is 5.32 Å². The molecule has 0 atom stereocenters. The molecule has 18 heavy (non-hydrogen) atoms. The van der Waals surface area contributed by atoms with Gasteiger partial charge in [-0.2, -0.15) is 0 Å². The van der Waals surface area contributed by atoms with E-state index in [9.17, 15) is 10.1 Å². The van der Waals surface area contributed by atoms with Gasteiger partial charge in [-0.3, -0.25) is 10.1 Å². The summed E-state index contributed by atoms with van der Waals surface area (Å²) in [5, 5.41) is 14.3. The second-order valence-corrected chi connectivity index (χ2v) is 5.38. The van der Waals surface area contributed by atoms with E-state index in [1.54, 1.807) is 12.1 Å². The van der Waals surface area contributed by atoms with Crippen molar-refractivity contribution >= 4 is 11.4 Å². The average molecular weight is 248 g/mol. The van der Waals surface area contributed by atoms with Crippen LogP contribution in [-0.2, 0) is 0 Å². The van der Waals surface area contributed by atoms with Gasteiger partial charge >= 0.3 is 0 Å². The minimum atomic E-state index is -0.312. The number of benzene rings is 1. The molecule has 0 bridgehead atoms. The van der Waals surface area contributed by atoms with Gasteiger partial charge in [0.1, 0.15) is 5.69 Å². The summed E-state index contributed by atoms with van der Waals surface area (Å²) in [7, 11) is 0. The van der Waals surface area contributed by atoms with Gasteiger partial charge in [0.2, 0.25) is 0 Å². The van der Waals surface area contributed by atoms with Gasteiger partial charge in [0.25, 0.3) is 5.69 Å². The van der Waals surface area contributed by atoms with Crippen LogP contribution in [0.1, 0.15) is 38.2 Å². The normalized spacial score (nSPS) is 23.7. The molecule has 1 aromatic rings. The highest BCUT2D eigenvalue weighted by atomic mass is 16.6. The van der Waals surface area contributed by atoms with Crippen molar-refractivity contribution in [3.63, 3.8) is 0 Å². The standard InChI is InChI=1S/C14H20N2O2/c1-10-3-6-12(7-4-10)15-13-9-11(2)5-8-14(13)16(17)18/h5,8-10,12,15H,3-4,6-7H2,1-2H3. The topological polar surface area (TPSA) is 55.2 Å². The van der Waals surface area contributed by atoms with Gasteiger partial charge in [-0.15, -0.1) is 0 Å². The monoisotopic (exact) mass is 248 g/mol. The number of aryl methyl sites for hydroxylation is 1. The molecule has 1 saturated carbocycles. The minimum Gasteiger partial charge on any atom is -0.377 e. The van der Waals surface area contributed by atoms with E-state index in [2.05, 4.69) is 12.2 Å². The quantitative estimate of drug-likeness (QED) is 0.652. The third kappa shape index (κ3) is 3.00.